The summed E-state index contributed by atoms with van der Waals surface area (Å²) in [6, 6.07) is 0. The van der Waals surface area contributed by atoms with Gasteiger partial charge in [0.2, 0.25) is 0 Å². The molecule has 0 bridgehead atoms. The molecule has 0 amide bonds. The quantitative estimate of drug-likeness (QED) is 0.0881. The van der Waals surface area contributed by atoms with Crippen LogP contribution < -0.4 is 0 Å². The fourth-order valence-corrected chi connectivity index (χ4v) is 47.7. The molecule has 5 nitrogen and oxygen atoms in total. The van der Waals surface area contributed by atoms with Gasteiger partial charge in [-0.15, -0.1) is 0 Å². The van der Waals surface area contributed by atoms with Crippen LogP contribution in [0.25, 0.3) is 0 Å². The second kappa shape index (κ2) is 42.4. The number of allylic oxidation sites excluding steroid dienone is 11. The van der Waals surface area contributed by atoms with Gasteiger partial charge in [-0.1, -0.05) is 297 Å². The van der Waals surface area contributed by atoms with Crippen LogP contribution in [0.2, 0.25) is 0 Å². The van der Waals surface area contributed by atoms with Crippen molar-refractivity contribution >= 4 is 0 Å². The van der Waals surface area contributed by atoms with Crippen molar-refractivity contribution in [2.45, 2.75) is 554 Å². The maximum atomic E-state index is 10.9. The van der Waals surface area contributed by atoms with Gasteiger partial charge < -0.3 is 25.5 Å². The monoisotopic (exact) mass is 2050 g/mol. The van der Waals surface area contributed by atoms with Crippen molar-refractivity contribution in [2.24, 2.45) is 264 Å². The summed E-state index contributed by atoms with van der Waals surface area (Å²) >= 11 is 0. The van der Waals surface area contributed by atoms with Crippen LogP contribution in [0.1, 0.15) is 523 Å². The molecule has 2 spiro atoms. The summed E-state index contributed by atoms with van der Waals surface area (Å²) in [5.41, 5.74) is 15.0. The summed E-state index contributed by atoms with van der Waals surface area (Å²) in [4.78, 5) is 0. The Bertz CT molecular complexity index is 4830. The molecule has 22 aliphatic carbocycles. The third-order valence-electron chi connectivity index (χ3n) is 58.7. The normalized spacial score (nSPS) is 50.3. The second-order valence-corrected chi connectivity index (χ2v) is 66.3. The van der Waals surface area contributed by atoms with Gasteiger partial charge in [0.15, 0.2) is 0 Å². The molecular weight excluding hydrogens is 1810 g/mol. The van der Waals surface area contributed by atoms with Crippen LogP contribution >= 0.6 is 0 Å². The highest BCUT2D eigenvalue weighted by atomic mass is 16.3. The number of hydrogen-bond acceptors (Lipinski definition) is 5. The molecule has 0 heterocycles. The van der Waals surface area contributed by atoms with Crippen LogP contribution in [0.5, 0.6) is 0 Å². The van der Waals surface area contributed by atoms with E-state index in [1.807, 2.05) is 0 Å². The van der Waals surface area contributed by atoms with Crippen LogP contribution in [-0.2, 0) is 0 Å². The van der Waals surface area contributed by atoms with E-state index in [0.29, 0.717) is 105 Å². The van der Waals surface area contributed by atoms with Crippen molar-refractivity contribution in [3.05, 3.63) is 83.1 Å². The zero-order valence-corrected chi connectivity index (χ0v) is 104. The van der Waals surface area contributed by atoms with E-state index >= 15 is 0 Å². The van der Waals surface area contributed by atoms with Crippen molar-refractivity contribution < 1.29 is 25.5 Å². The van der Waals surface area contributed by atoms with Crippen LogP contribution in [0, 0.1) is 264 Å². The predicted molar refractivity (Wildman–Crippen MR) is 632 cm³/mol. The summed E-state index contributed by atoms with van der Waals surface area (Å²) in [6.07, 6.45) is 82.2. The molecule has 0 aliphatic heterocycles. The van der Waals surface area contributed by atoms with Crippen molar-refractivity contribution in [3.63, 3.8) is 0 Å². The first-order valence-corrected chi connectivity index (χ1v) is 65.9. The molecule has 0 aromatic heterocycles. The van der Waals surface area contributed by atoms with Gasteiger partial charge in [-0.2, -0.15) is 0 Å². The standard InChI is InChI=1S/2C30H50O.C28H50O.C28H46O.C28H44O/c1-19(2)20-11-14-27(5)17-18-29(7)21(25(20)27)9-10-23-28(6)15-13-24(31)26(3,4)22(28)12-16-30(23,29)8;1-20(2)9-8-10-21(3)22-13-15-28(7)24-12-11-23-26(4,5)25(31)14-16-29(23)19-30(24,29)18-17-27(22,28)6;3*1-18(2)19(3)7-8-20(4)24-11-12-25-23-10-9-21-17-22(29)13-15-27(21,5)26(23)14-16-28(24,25)6/h20-25,31H,1,9-18H2,2-8H3;9,21-25,31H,8,10-19H2,1-7H3;18-26,29H,7-17H2,1-6H3;7-9,18-20,22-26,29H,10-17H2,1-6H3;7-10,18-20,22,24-26,29H,11-17H2,1-6H3/b;;;2*8-7+/t20?,21-,22+,23-,24+,25-,27-,28+,29-,30-;21-,22-,23+,24+,25+,27-,28+,29+,30-;19-,20-,21+,22+,23+,24-,25+,26+,27+,28-;19-,20+,22-,23-,24+,25-,26-,27-,28+;19-,20+,22-,24+,25-,26-,27-,28+/m11100/s1. The number of fused-ring (bicyclic) bond motifs is 24. The lowest BCUT2D eigenvalue weighted by atomic mass is 9.32. The molecule has 0 aromatic carbocycles. The van der Waals surface area contributed by atoms with Gasteiger partial charge in [0.25, 0.3) is 0 Å². The molecule has 149 heavy (non-hydrogen) atoms. The van der Waals surface area contributed by atoms with E-state index in [1.54, 1.807) is 11.1 Å². The van der Waals surface area contributed by atoms with Crippen LogP contribution in [0.4, 0.5) is 0 Å². The molecule has 46 atom stereocenters. The van der Waals surface area contributed by atoms with E-state index in [2.05, 4.69) is 277 Å². The first kappa shape index (κ1) is 116. The van der Waals surface area contributed by atoms with Gasteiger partial charge in [0.1, 0.15) is 0 Å². The lowest BCUT2D eigenvalue weighted by Gasteiger charge is -2.73. The fraction of sp³-hybridized carbons (Fsp3) is 0.903. The summed E-state index contributed by atoms with van der Waals surface area (Å²) in [5, 5.41) is 52.4. The largest absolute Gasteiger partial charge is 0.393 e. The zero-order valence-electron chi connectivity index (χ0n) is 104. The minimum atomic E-state index is -0.118. The van der Waals surface area contributed by atoms with Gasteiger partial charge in [-0.3, -0.25) is 0 Å². The average molecular weight is 2050 g/mol. The highest BCUT2D eigenvalue weighted by molar-refractivity contribution is 5.40. The average Bonchev–Trinajstić information content (AvgIpc) is 1.46. The summed E-state index contributed by atoms with van der Waals surface area (Å²) in [5.74, 6) is 24.7. The van der Waals surface area contributed by atoms with E-state index in [4.69, 9.17) is 0 Å². The SMILES string of the molecule is C=C(C)C1CC[C@]2(C)CC[C@]3(C)[C@H](CC[C@@H]4[C@@]5(C)CC[C@H](O)C(C)(C)[C@@H]5CC[C@]43C)[C@@H]12.CC(C)=CCC[C@@H](C)[C@H]1CC[C@@]2(C)[C@@H]3CC[C@H]4C(C)(C)[C@@H](O)CC[C@]45C[C@]35CC[C@]12C.CC(C)[C@@H](C)/C=C/[C@@H](C)[C@H]1CC[C@H]2C3=CC=C4C[C@@H](O)CC[C@]4(C)[C@H]3CC[C@]12C.CC(C)[C@@H](C)/C=C/[C@@H](C)[C@H]1CC[C@H]2[C@@H]3CC=C4C[C@@H](O)CC[C@]4(C)[C@H]3CC[C@]12C.CC(C)[C@H](C)CC[C@@H](C)[C@H]1CC[C@H]2[C@@H]3CC[C@H]4C[C@@H](O)CC[C@]4(C)[C@H]3CC[C@]12C. The molecule has 0 radical (unpaired) electrons. The Morgan fingerprint density at radius 1 is 0.362 bits per heavy atom. The molecule has 22 aliphatic rings. The van der Waals surface area contributed by atoms with Gasteiger partial charge in [-0.05, 0) is 574 Å². The van der Waals surface area contributed by atoms with E-state index in [0.717, 1.165) is 199 Å². The Kier molecular flexibility index (Phi) is 33.2. The van der Waals surface area contributed by atoms with E-state index < -0.39 is 0 Å². The van der Waals surface area contributed by atoms with Crippen LogP contribution in [0.3, 0.4) is 0 Å². The Labute approximate surface area is 920 Å². The van der Waals surface area contributed by atoms with Gasteiger partial charge in [0, 0.05) is 0 Å². The lowest BCUT2D eigenvalue weighted by Crippen LogP contribution is -2.66. The minimum Gasteiger partial charge on any atom is -0.393 e. The minimum absolute atomic E-state index is 0.0107. The molecule has 846 valence electrons. The molecule has 20 saturated carbocycles. The molecule has 22 rings (SSSR count). The Hall–Kier alpha value is -2.02. The van der Waals surface area contributed by atoms with Crippen molar-refractivity contribution in [1.29, 1.82) is 0 Å². The Morgan fingerprint density at radius 3 is 1.54 bits per heavy atom. The zero-order chi connectivity index (χ0) is 108. The lowest BCUT2D eigenvalue weighted by molar-refractivity contribution is -0.246. The van der Waals surface area contributed by atoms with Gasteiger partial charge >= 0.3 is 0 Å². The highest BCUT2D eigenvalue weighted by Gasteiger charge is 2.83. The molecule has 5 heteroatoms. The second-order valence-electron chi connectivity index (χ2n) is 66.3. The van der Waals surface area contributed by atoms with E-state index in [1.165, 1.54) is 267 Å². The number of hydrogen-bond donors (Lipinski definition) is 5. The molecular formula is C144H240O5. The van der Waals surface area contributed by atoms with Crippen molar-refractivity contribution in [3.8, 4) is 0 Å². The van der Waals surface area contributed by atoms with Gasteiger partial charge in [0.05, 0.1) is 30.5 Å². The van der Waals surface area contributed by atoms with E-state index in [-0.39, 0.29) is 41.3 Å². The Morgan fingerprint density at radius 2 is 0.886 bits per heavy atom. The van der Waals surface area contributed by atoms with Crippen molar-refractivity contribution in [1.82, 2.24) is 0 Å². The summed E-state index contributed by atoms with van der Waals surface area (Å²) < 4.78 is 0. The highest BCUT2D eigenvalue weighted by Crippen LogP contribution is 2.90. The maximum absolute atomic E-state index is 10.9. The summed E-state index contributed by atoms with van der Waals surface area (Å²) in [6.45, 7) is 84.2. The predicted octanol–water partition coefficient (Wildman–Crippen LogP) is 38.6. The smallest absolute Gasteiger partial charge is 0.0594 e. The topological polar surface area (TPSA) is 101 Å². The number of aliphatic hydroxyl groups is 5. The fourth-order valence-electron chi connectivity index (χ4n) is 47.7. The Balaban J connectivity index is 0.000000122. The van der Waals surface area contributed by atoms with Crippen LogP contribution in [0.15, 0.2) is 83.1 Å². The number of aliphatic hydroxyl groups excluding tert-OH is 5. The third kappa shape index (κ3) is 19.3. The van der Waals surface area contributed by atoms with Gasteiger partial charge in [-0.25, -0.2) is 0 Å². The van der Waals surface area contributed by atoms with E-state index in [9.17, 15) is 25.5 Å². The molecule has 5 N–H and O–H groups in total. The number of rotatable bonds is 18. The molecule has 0 aromatic rings. The van der Waals surface area contributed by atoms with Crippen LogP contribution in [-0.4, -0.2) is 56.1 Å². The first-order valence-electron chi connectivity index (χ1n) is 65.9. The first-order chi connectivity index (χ1) is 69.8. The summed E-state index contributed by atoms with van der Waals surface area (Å²) in [7, 11) is 0. The van der Waals surface area contributed by atoms with Crippen molar-refractivity contribution in [2.75, 3.05) is 0 Å². The maximum Gasteiger partial charge on any atom is 0.0594 e. The third-order valence-corrected chi connectivity index (χ3v) is 58.7. The molecule has 1 unspecified atom stereocenters. The molecule has 20 fully saturated rings. The molecule has 0 saturated heterocycles.